The Morgan fingerprint density at radius 1 is 1.32 bits per heavy atom. The lowest BCUT2D eigenvalue weighted by molar-refractivity contribution is 0.0947. The van der Waals surface area contributed by atoms with Crippen molar-refractivity contribution in [1.82, 2.24) is 10.5 Å². The zero-order valence-corrected chi connectivity index (χ0v) is 10.1. The van der Waals surface area contributed by atoms with Gasteiger partial charge in [-0.2, -0.15) is 0 Å². The minimum absolute atomic E-state index is 0.181. The van der Waals surface area contributed by atoms with Gasteiger partial charge < -0.3 is 14.9 Å². The van der Waals surface area contributed by atoms with E-state index in [1.807, 2.05) is 0 Å². The van der Waals surface area contributed by atoms with Gasteiger partial charge in [0.2, 0.25) is 0 Å². The van der Waals surface area contributed by atoms with Crippen LogP contribution in [-0.4, -0.2) is 22.8 Å². The van der Waals surface area contributed by atoms with Crippen LogP contribution < -0.4 is 5.32 Å². The van der Waals surface area contributed by atoms with E-state index in [2.05, 4.69) is 22.3 Å². The highest BCUT2D eigenvalue weighted by molar-refractivity contribution is 5.94. The normalized spacial score (nSPS) is 9.53. The van der Waals surface area contributed by atoms with Gasteiger partial charge in [-0.25, -0.2) is 0 Å². The summed E-state index contributed by atoms with van der Waals surface area (Å²) in [5.41, 5.74) is 1.29. The maximum atomic E-state index is 11.8. The van der Waals surface area contributed by atoms with Gasteiger partial charge in [-0.3, -0.25) is 4.79 Å². The number of carbonyl (C=O) groups is 1. The van der Waals surface area contributed by atoms with Crippen molar-refractivity contribution in [2.75, 3.05) is 6.61 Å². The molecule has 5 heteroatoms. The number of nitrogens with zero attached hydrogens (tertiary/aromatic N) is 1. The molecule has 0 fully saturated rings. The average Bonchev–Trinajstić information content (AvgIpc) is 2.96. The van der Waals surface area contributed by atoms with Gasteiger partial charge in [-0.1, -0.05) is 17.0 Å². The second kappa shape index (κ2) is 6.38. The summed E-state index contributed by atoms with van der Waals surface area (Å²) in [5.74, 6) is 5.70. The van der Waals surface area contributed by atoms with Crippen molar-refractivity contribution < 1.29 is 14.4 Å². The van der Waals surface area contributed by atoms with Crippen molar-refractivity contribution in [3.63, 3.8) is 0 Å². The molecule has 0 saturated heterocycles. The summed E-state index contributed by atoms with van der Waals surface area (Å²) in [4.78, 5) is 11.8. The highest BCUT2D eigenvalue weighted by Gasteiger charge is 2.05. The molecule has 1 amide bonds. The highest BCUT2D eigenvalue weighted by Crippen LogP contribution is 2.04. The van der Waals surface area contributed by atoms with Crippen molar-refractivity contribution in [2.45, 2.75) is 6.54 Å². The Hall–Kier alpha value is -2.58. The van der Waals surface area contributed by atoms with Crippen LogP contribution in [0.5, 0.6) is 0 Å². The molecule has 1 aromatic heterocycles. The number of amides is 1. The first kappa shape index (κ1) is 12.9. The number of aromatic nitrogens is 1. The van der Waals surface area contributed by atoms with Crippen molar-refractivity contribution in [1.29, 1.82) is 0 Å². The molecule has 0 spiro atoms. The number of carbonyl (C=O) groups excluding carboxylic acids is 1. The van der Waals surface area contributed by atoms with E-state index >= 15 is 0 Å². The van der Waals surface area contributed by atoms with Crippen molar-refractivity contribution in [3.8, 4) is 11.8 Å². The number of hydrogen-bond acceptors (Lipinski definition) is 4. The number of benzene rings is 1. The van der Waals surface area contributed by atoms with Crippen LogP contribution in [0.2, 0.25) is 0 Å². The largest absolute Gasteiger partial charge is 0.384 e. The lowest BCUT2D eigenvalue weighted by Crippen LogP contribution is -2.22. The summed E-state index contributed by atoms with van der Waals surface area (Å²) in [7, 11) is 0. The molecule has 0 atom stereocenters. The first-order valence-electron chi connectivity index (χ1n) is 5.67. The van der Waals surface area contributed by atoms with Crippen molar-refractivity contribution in [2.24, 2.45) is 0 Å². The summed E-state index contributed by atoms with van der Waals surface area (Å²) in [6, 6.07) is 8.50. The lowest BCUT2D eigenvalue weighted by atomic mass is 10.1. The number of rotatable bonds is 3. The summed E-state index contributed by atoms with van der Waals surface area (Å²) in [5, 5.41) is 14.8. The van der Waals surface area contributed by atoms with Gasteiger partial charge in [0.15, 0.2) is 5.76 Å². The van der Waals surface area contributed by atoms with Gasteiger partial charge in [0.1, 0.15) is 6.61 Å². The van der Waals surface area contributed by atoms with Crippen LogP contribution in [0.1, 0.15) is 21.7 Å². The SMILES string of the molecule is O=C(NCc1ccno1)c1ccc(C#CCO)cc1. The zero-order chi connectivity index (χ0) is 13.5. The maximum Gasteiger partial charge on any atom is 0.251 e. The summed E-state index contributed by atoms with van der Waals surface area (Å²) >= 11 is 0. The van der Waals surface area contributed by atoms with Gasteiger partial charge in [-0.15, -0.1) is 0 Å². The van der Waals surface area contributed by atoms with Crippen LogP contribution in [-0.2, 0) is 6.54 Å². The fourth-order valence-corrected chi connectivity index (χ4v) is 1.45. The van der Waals surface area contributed by atoms with E-state index in [9.17, 15) is 4.79 Å². The van der Waals surface area contributed by atoms with Gasteiger partial charge in [-0.05, 0) is 24.3 Å². The molecule has 0 aliphatic heterocycles. The molecule has 0 saturated carbocycles. The van der Waals surface area contributed by atoms with Gasteiger partial charge in [0, 0.05) is 17.2 Å². The smallest absolute Gasteiger partial charge is 0.251 e. The second-order valence-electron chi connectivity index (χ2n) is 3.70. The number of hydrogen-bond donors (Lipinski definition) is 2. The molecule has 2 rings (SSSR count). The second-order valence-corrected chi connectivity index (χ2v) is 3.70. The third-order valence-electron chi connectivity index (χ3n) is 2.37. The molecule has 96 valence electrons. The quantitative estimate of drug-likeness (QED) is 0.802. The van der Waals surface area contributed by atoms with E-state index in [0.29, 0.717) is 17.9 Å². The first-order valence-corrected chi connectivity index (χ1v) is 5.67. The minimum Gasteiger partial charge on any atom is -0.384 e. The van der Waals surface area contributed by atoms with E-state index in [4.69, 9.17) is 9.63 Å². The summed E-state index contributed by atoms with van der Waals surface area (Å²) in [6.07, 6.45) is 1.52. The Morgan fingerprint density at radius 3 is 2.74 bits per heavy atom. The molecular weight excluding hydrogens is 244 g/mol. The van der Waals surface area contributed by atoms with E-state index in [-0.39, 0.29) is 12.5 Å². The maximum absolute atomic E-state index is 11.8. The molecule has 0 unspecified atom stereocenters. The van der Waals surface area contributed by atoms with E-state index < -0.39 is 0 Å². The first-order chi connectivity index (χ1) is 9.29. The van der Waals surface area contributed by atoms with Crippen molar-refractivity contribution in [3.05, 3.63) is 53.4 Å². The predicted molar refractivity (Wildman–Crippen MR) is 68.1 cm³/mol. The molecule has 0 bridgehead atoms. The van der Waals surface area contributed by atoms with Gasteiger partial charge >= 0.3 is 0 Å². The third-order valence-corrected chi connectivity index (χ3v) is 2.37. The van der Waals surface area contributed by atoms with Crippen LogP contribution >= 0.6 is 0 Å². The summed E-state index contributed by atoms with van der Waals surface area (Å²) < 4.78 is 4.88. The number of nitrogens with one attached hydrogen (secondary N) is 1. The van der Waals surface area contributed by atoms with E-state index in [1.165, 1.54) is 6.20 Å². The minimum atomic E-state index is -0.196. The van der Waals surface area contributed by atoms with E-state index in [1.54, 1.807) is 30.3 Å². The zero-order valence-electron chi connectivity index (χ0n) is 10.1. The number of aliphatic hydroxyl groups excluding tert-OH is 1. The van der Waals surface area contributed by atoms with Gasteiger partial charge in [0.25, 0.3) is 5.91 Å². The average molecular weight is 256 g/mol. The van der Waals surface area contributed by atoms with Crippen LogP contribution in [0.25, 0.3) is 0 Å². The molecule has 19 heavy (non-hydrogen) atoms. The molecule has 0 radical (unpaired) electrons. The molecule has 0 aliphatic rings. The fourth-order valence-electron chi connectivity index (χ4n) is 1.45. The van der Waals surface area contributed by atoms with Crippen LogP contribution in [0.3, 0.4) is 0 Å². The Labute approximate surface area is 110 Å². The molecule has 0 aliphatic carbocycles. The van der Waals surface area contributed by atoms with Crippen LogP contribution in [0, 0.1) is 11.8 Å². The third kappa shape index (κ3) is 3.69. The Bertz CT molecular complexity index is 592. The lowest BCUT2D eigenvalue weighted by Gasteiger charge is -2.02. The Balaban J connectivity index is 1.95. The molecular formula is C14H12N2O3. The Kier molecular flexibility index (Phi) is 4.32. The molecule has 1 aromatic carbocycles. The topological polar surface area (TPSA) is 75.4 Å². The monoisotopic (exact) mass is 256 g/mol. The fraction of sp³-hybridized carbons (Fsp3) is 0.143. The summed E-state index contributed by atoms with van der Waals surface area (Å²) in [6.45, 7) is 0.115. The van der Waals surface area contributed by atoms with Crippen LogP contribution in [0.15, 0.2) is 41.1 Å². The molecule has 2 N–H and O–H groups in total. The Morgan fingerprint density at radius 2 is 2.11 bits per heavy atom. The van der Waals surface area contributed by atoms with Crippen LogP contribution in [0.4, 0.5) is 0 Å². The van der Waals surface area contributed by atoms with E-state index in [0.717, 1.165) is 5.56 Å². The molecule has 2 aromatic rings. The predicted octanol–water partition coefficient (Wildman–Crippen LogP) is 0.948. The van der Waals surface area contributed by atoms with Crippen molar-refractivity contribution >= 4 is 5.91 Å². The van der Waals surface area contributed by atoms with Gasteiger partial charge in [0.05, 0.1) is 12.7 Å². The number of aliphatic hydroxyl groups is 1. The molecule has 5 nitrogen and oxygen atoms in total. The highest BCUT2D eigenvalue weighted by atomic mass is 16.5. The standard InChI is InChI=1S/C14H12N2O3/c17-9-1-2-11-3-5-12(6-4-11)14(18)15-10-13-7-8-16-19-13/h3-8,17H,9-10H2,(H,15,18). The molecule has 1 heterocycles.